The van der Waals surface area contributed by atoms with Gasteiger partial charge in [-0.2, -0.15) is 0 Å². The SMILES string of the molecule is CCOC(C#Cc1cn(COCC[Si](C)(C)C)c2ncnc(OCc3ccccc3)c12)OCC. The second kappa shape index (κ2) is 12.7. The molecule has 0 spiro atoms. The average molecular weight is 482 g/mol. The Morgan fingerprint density at radius 3 is 2.44 bits per heavy atom. The largest absolute Gasteiger partial charge is 0.472 e. The molecule has 3 rings (SSSR count). The first-order valence-electron chi connectivity index (χ1n) is 11.7. The molecule has 0 radical (unpaired) electrons. The molecule has 0 aliphatic carbocycles. The van der Waals surface area contributed by atoms with Gasteiger partial charge in [-0.05, 0) is 31.4 Å². The number of ether oxygens (including phenoxy) is 4. The highest BCUT2D eigenvalue weighted by Crippen LogP contribution is 2.28. The molecule has 0 unspecified atom stereocenters. The van der Waals surface area contributed by atoms with E-state index in [4.69, 9.17) is 18.9 Å². The monoisotopic (exact) mass is 481 g/mol. The Balaban J connectivity index is 1.91. The van der Waals surface area contributed by atoms with E-state index in [1.165, 1.54) is 6.33 Å². The maximum atomic E-state index is 6.10. The second-order valence-corrected chi connectivity index (χ2v) is 14.6. The summed E-state index contributed by atoms with van der Waals surface area (Å²) in [6, 6.07) is 11.1. The summed E-state index contributed by atoms with van der Waals surface area (Å²) in [5.41, 5.74) is 2.53. The molecule has 7 nitrogen and oxygen atoms in total. The van der Waals surface area contributed by atoms with E-state index in [0.29, 0.717) is 32.4 Å². The lowest BCUT2D eigenvalue weighted by Gasteiger charge is -2.15. The van der Waals surface area contributed by atoms with Crippen molar-refractivity contribution in [2.75, 3.05) is 19.8 Å². The Kier molecular flexibility index (Phi) is 9.66. The highest BCUT2D eigenvalue weighted by molar-refractivity contribution is 6.76. The molecular formula is C26H35N3O4Si. The van der Waals surface area contributed by atoms with Crippen molar-refractivity contribution in [1.29, 1.82) is 0 Å². The smallest absolute Gasteiger partial charge is 0.227 e. The first-order valence-corrected chi connectivity index (χ1v) is 15.4. The van der Waals surface area contributed by atoms with Crippen LogP contribution in [0.3, 0.4) is 0 Å². The van der Waals surface area contributed by atoms with Gasteiger partial charge in [-0.15, -0.1) is 0 Å². The van der Waals surface area contributed by atoms with Gasteiger partial charge in [0.2, 0.25) is 12.2 Å². The van der Waals surface area contributed by atoms with E-state index in [1.807, 2.05) is 54.9 Å². The van der Waals surface area contributed by atoms with E-state index in [9.17, 15) is 0 Å². The lowest BCUT2D eigenvalue weighted by atomic mass is 10.2. The Bertz CT molecular complexity index is 1090. The number of hydrogen-bond acceptors (Lipinski definition) is 6. The molecule has 34 heavy (non-hydrogen) atoms. The summed E-state index contributed by atoms with van der Waals surface area (Å²) >= 11 is 0. The third-order valence-electron chi connectivity index (χ3n) is 5.02. The van der Waals surface area contributed by atoms with Crippen LogP contribution < -0.4 is 4.74 Å². The molecule has 0 saturated carbocycles. The van der Waals surface area contributed by atoms with Crippen molar-refractivity contribution in [3.05, 3.63) is 54.0 Å². The van der Waals surface area contributed by atoms with Crippen molar-refractivity contribution in [3.63, 3.8) is 0 Å². The molecule has 0 atom stereocenters. The molecule has 0 saturated heterocycles. The summed E-state index contributed by atoms with van der Waals surface area (Å²) in [6.45, 7) is 13.4. The Morgan fingerprint density at radius 2 is 1.76 bits per heavy atom. The van der Waals surface area contributed by atoms with E-state index < -0.39 is 14.4 Å². The Hall–Kier alpha value is -2.70. The van der Waals surface area contributed by atoms with Crippen LogP contribution in [0.2, 0.25) is 25.7 Å². The molecule has 0 aliphatic rings. The predicted molar refractivity (Wildman–Crippen MR) is 136 cm³/mol. The van der Waals surface area contributed by atoms with E-state index >= 15 is 0 Å². The van der Waals surface area contributed by atoms with Crippen LogP contribution in [0.25, 0.3) is 11.0 Å². The van der Waals surface area contributed by atoms with Crippen molar-refractivity contribution in [1.82, 2.24) is 14.5 Å². The van der Waals surface area contributed by atoms with Crippen LogP contribution >= 0.6 is 0 Å². The number of aromatic nitrogens is 3. The fourth-order valence-corrected chi connectivity index (χ4v) is 3.99. The van der Waals surface area contributed by atoms with Crippen LogP contribution in [0.15, 0.2) is 42.9 Å². The third kappa shape index (κ3) is 7.67. The maximum Gasteiger partial charge on any atom is 0.227 e. The lowest BCUT2D eigenvalue weighted by Crippen LogP contribution is -2.22. The topological polar surface area (TPSA) is 67.6 Å². The van der Waals surface area contributed by atoms with Crippen molar-refractivity contribution in [2.45, 2.75) is 59.2 Å². The standard InChI is InChI=1S/C26H35N3O4Si/c1-6-31-23(32-7-2)14-13-22-17-29(20-30-15-16-34(3,4)5)25-24(22)26(28-19-27-25)33-18-21-11-9-8-10-12-21/h8-12,17,19,23H,6-7,15-16,18,20H2,1-5H3. The summed E-state index contributed by atoms with van der Waals surface area (Å²) < 4.78 is 25.2. The van der Waals surface area contributed by atoms with Gasteiger partial charge in [-0.3, -0.25) is 0 Å². The second-order valence-electron chi connectivity index (χ2n) is 9.02. The minimum Gasteiger partial charge on any atom is -0.472 e. The van der Waals surface area contributed by atoms with Gasteiger partial charge in [0.25, 0.3) is 0 Å². The fourth-order valence-electron chi connectivity index (χ4n) is 3.24. The molecule has 0 aliphatic heterocycles. The van der Waals surface area contributed by atoms with Gasteiger partial charge < -0.3 is 23.5 Å². The van der Waals surface area contributed by atoms with Crippen molar-refractivity contribution in [2.24, 2.45) is 0 Å². The van der Waals surface area contributed by atoms with Crippen molar-refractivity contribution >= 4 is 19.1 Å². The molecule has 2 heterocycles. The molecule has 2 aromatic heterocycles. The van der Waals surface area contributed by atoms with Gasteiger partial charge in [0.05, 0.1) is 10.9 Å². The molecule has 8 heteroatoms. The number of rotatable bonds is 12. The average Bonchev–Trinajstić information content (AvgIpc) is 3.17. The van der Waals surface area contributed by atoms with Crippen LogP contribution in [0.4, 0.5) is 0 Å². The van der Waals surface area contributed by atoms with Gasteiger partial charge in [-0.25, -0.2) is 9.97 Å². The van der Waals surface area contributed by atoms with Crippen LogP contribution in [0, 0.1) is 11.8 Å². The maximum absolute atomic E-state index is 6.10. The summed E-state index contributed by atoms with van der Waals surface area (Å²) in [4.78, 5) is 8.93. The Morgan fingerprint density at radius 1 is 1.03 bits per heavy atom. The van der Waals surface area contributed by atoms with Crippen LogP contribution in [0.1, 0.15) is 25.0 Å². The molecule has 0 amide bonds. The molecule has 182 valence electrons. The molecule has 0 fully saturated rings. The van der Waals surface area contributed by atoms with E-state index in [2.05, 4.69) is 41.4 Å². The van der Waals surface area contributed by atoms with Crippen LogP contribution in [-0.4, -0.2) is 48.7 Å². The number of hydrogen-bond donors (Lipinski definition) is 0. The van der Waals surface area contributed by atoms with Gasteiger partial charge in [0.1, 0.15) is 25.3 Å². The summed E-state index contributed by atoms with van der Waals surface area (Å²) in [7, 11) is -1.17. The highest BCUT2D eigenvalue weighted by Gasteiger charge is 2.17. The van der Waals surface area contributed by atoms with Gasteiger partial charge >= 0.3 is 0 Å². The summed E-state index contributed by atoms with van der Waals surface area (Å²) in [5, 5.41) is 0.756. The van der Waals surface area contributed by atoms with E-state index in [-0.39, 0.29) is 0 Å². The highest BCUT2D eigenvalue weighted by atomic mass is 28.3. The summed E-state index contributed by atoms with van der Waals surface area (Å²) in [6.07, 6.45) is 2.85. The lowest BCUT2D eigenvalue weighted by molar-refractivity contribution is -0.0969. The zero-order valence-electron chi connectivity index (χ0n) is 20.8. The van der Waals surface area contributed by atoms with Gasteiger partial charge in [0.15, 0.2) is 0 Å². The van der Waals surface area contributed by atoms with Gasteiger partial charge in [-0.1, -0.05) is 55.9 Å². The fraction of sp³-hybridized carbons (Fsp3) is 0.462. The zero-order chi connectivity index (χ0) is 24.4. The van der Waals surface area contributed by atoms with Crippen molar-refractivity contribution < 1.29 is 18.9 Å². The Labute approximate surface area is 203 Å². The number of fused-ring (bicyclic) bond motifs is 1. The minimum atomic E-state index is -1.17. The third-order valence-corrected chi connectivity index (χ3v) is 6.73. The first-order chi connectivity index (χ1) is 16.4. The van der Waals surface area contributed by atoms with Crippen molar-refractivity contribution in [3.8, 4) is 17.7 Å². The van der Waals surface area contributed by atoms with E-state index in [1.54, 1.807) is 0 Å². The molecule has 3 aromatic rings. The first kappa shape index (κ1) is 25.9. The van der Waals surface area contributed by atoms with Gasteiger partial charge in [0, 0.05) is 34.1 Å². The number of benzene rings is 1. The summed E-state index contributed by atoms with van der Waals surface area (Å²) in [5.74, 6) is 6.77. The van der Waals surface area contributed by atoms with Crippen LogP contribution in [-0.2, 0) is 27.5 Å². The zero-order valence-corrected chi connectivity index (χ0v) is 21.8. The molecule has 1 aromatic carbocycles. The molecule has 0 bridgehead atoms. The van der Waals surface area contributed by atoms with Crippen LogP contribution in [0.5, 0.6) is 5.88 Å². The van der Waals surface area contributed by atoms with E-state index in [0.717, 1.165) is 34.8 Å². The molecular weight excluding hydrogens is 446 g/mol. The number of nitrogens with zero attached hydrogens (tertiary/aromatic N) is 3. The quantitative estimate of drug-likeness (QED) is 0.156. The normalized spacial score (nSPS) is 11.6. The minimum absolute atomic E-state index is 0.387. The predicted octanol–water partition coefficient (Wildman–Crippen LogP) is 5.07. The molecule has 0 N–H and O–H groups in total.